The number of hydrogen-bond donors (Lipinski definition) is 6. The van der Waals surface area contributed by atoms with Crippen LogP contribution in [0.1, 0.15) is 55.6 Å². The van der Waals surface area contributed by atoms with Crippen LogP contribution >= 0.6 is 0 Å². The van der Waals surface area contributed by atoms with E-state index in [1.807, 2.05) is 0 Å². The number of phenols is 2. The molecule has 0 bridgehead atoms. The summed E-state index contributed by atoms with van der Waals surface area (Å²) in [6, 6.07) is 19.4. The summed E-state index contributed by atoms with van der Waals surface area (Å²) in [5.41, 5.74) is 0.266. The molecule has 0 aliphatic carbocycles. The zero-order valence-corrected chi connectivity index (χ0v) is 27.7. The Morgan fingerprint density at radius 1 is 0.385 bits per heavy atom. The van der Waals surface area contributed by atoms with Crippen LogP contribution in [0.3, 0.4) is 0 Å². The van der Waals surface area contributed by atoms with Crippen LogP contribution < -0.4 is 0 Å². The maximum absolute atomic E-state index is 14.3. The van der Waals surface area contributed by atoms with Crippen molar-refractivity contribution >= 4 is 0 Å². The quantitative estimate of drug-likeness (QED) is 0.0725. The number of aliphatic hydroxyl groups excluding tert-OH is 4. The first-order valence-corrected chi connectivity index (χ1v) is 16.3. The summed E-state index contributed by atoms with van der Waals surface area (Å²) in [6.45, 7) is -1.77. The Balaban J connectivity index is 1.44. The van der Waals surface area contributed by atoms with Crippen molar-refractivity contribution in [2.75, 3.05) is 0 Å². The van der Waals surface area contributed by atoms with Crippen molar-refractivity contribution in [3.05, 3.63) is 141 Å². The van der Waals surface area contributed by atoms with E-state index in [4.69, 9.17) is 0 Å². The first kappa shape index (κ1) is 38.4. The van der Waals surface area contributed by atoms with E-state index in [0.29, 0.717) is 36.8 Å². The van der Waals surface area contributed by atoms with Gasteiger partial charge in [-0.05, 0) is 107 Å². The molecule has 0 atom stereocenters. The summed E-state index contributed by atoms with van der Waals surface area (Å²) >= 11 is 0. The summed E-state index contributed by atoms with van der Waals surface area (Å²) in [4.78, 5) is 0. The molecular weight excluding hydrogens is 690 g/mol. The number of aliphatic hydroxyl groups is 4. The highest BCUT2D eigenvalue weighted by Gasteiger charge is 2.40. The minimum Gasteiger partial charge on any atom is -0.507 e. The van der Waals surface area contributed by atoms with Crippen molar-refractivity contribution in [1.82, 2.24) is 0 Å². The van der Waals surface area contributed by atoms with Crippen molar-refractivity contribution in [1.29, 1.82) is 0 Å². The third-order valence-electron chi connectivity index (χ3n) is 9.04. The zero-order chi connectivity index (χ0) is 37.8. The van der Waals surface area contributed by atoms with Gasteiger partial charge in [-0.3, -0.25) is 0 Å². The van der Waals surface area contributed by atoms with Gasteiger partial charge in [-0.1, -0.05) is 48.5 Å². The Bertz CT molecular complexity index is 1830. The van der Waals surface area contributed by atoms with Crippen molar-refractivity contribution in [2.24, 2.45) is 0 Å². The van der Waals surface area contributed by atoms with Gasteiger partial charge in [0, 0.05) is 22.3 Å². The van der Waals surface area contributed by atoms with Crippen LogP contribution in [0.4, 0.5) is 26.3 Å². The van der Waals surface area contributed by atoms with E-state index >= 15 is 0 Å². The second-order valence-electron chi connectivity index (χ2n) is 12.5. The molecular formula is C40H36F6O6. The number of halogens is 6. The summed E-state index contributed by atoms with van der Waals surface area (Å²) < 4.78 is 85.9. The molecule has 5 aromatic rings. The van der Waals surface area contributed by atoms with Gasteiger partial charge in [0.2, 0.25) is 0 Å². The second-order valence-corrected chi connectivity index (χ2v) is 12.5. The van der Waals surface area contributed by atoms with Gasteiger partial charge < -0.3 is 30.6 Å². The Hall–Kier alpha value is -4.88. The van der Waals surface area contributed by atoms with Crippen LogP contribution in [-0.4, -0.2) is 30.6 Å². The molecule has 5 aromatic carbocycles. The van der Waals surface area contributed by atoms with E-state index in [0.717, 1.165) is 17.2 Å². The maximum atomic E-state index is 14.3. The standard InChI is InChI=1S/C40H36F6O6/c41-39(42,43)35-18-36(40(44,45)46)34(28-11-7-24(8-12-28)2-4-26-15-31(21-49)38(52)32(16-26)22-50)17-33(35)27-9-5-23(6-10-27)1-3-25-13-29(19-47)37(51)30(14-25)20-48/h5-18,47-52H,1-4,19-22H2. The van der Waals surface area contributed by atoms with Crippen LogP contribution in [-0.2, 0) is 64.5 Å². The monoisotopic (exact) mass is 726 g/mol. The lowest BCUT2D eigenvalue weighted by atomic mass is 9.89. The van der Waals surface area contributed by atoms with Crippen LogP contribution in [0.25, 0.3) is 22.3 Å². The average molecular weight is 727 g/mol. The topological polar surface area (TPSA) is 121 Å². The molecule has 0 spiro atoms. The Morgan fingerprint density at radius 3 is 0.942 bits per heavy atom. The molecule has 0 unspecified atom stereocenters. The third kappa shape index (κ3) is 8.59. The lowest BCUT2D eigenvalue weighted by molar-refractivity contribution is -0.142. The van der Waals surface area contributed by atoms with Crippen molar-refractivity contribution < 1.29 is 57.0 Å². The minimum absolute atomic E-state index is 0.0656. The molecule has 0 aliphatic rings. The summed E-state index contributed by atoms with van der Waals surface area (Å²) in [5, 5.41) is 58.3. The van der Waals surface area contributed by atoms with E-state index in [1.165, 1.54) is 24.3 Å². The Morgan fingerprint density at radius 2 is 0.673 bits per heavy atom. The average Bonchev–Trinajstić information content (AvgIpc) is 3.13. The molecule has 0 aromatic heterocycles. The SMILES string of the molecule is OCc1cc(CCc2ccc(-c3cc(-c4ccc(CCc5cc(CO)c(O)c(CO)c5)cc4)c(C(F)(F)F)cc3C(F)(F)F)cc2)cc(CO)c1O. The van der Waals surface area contributed by atoms with E-state index < -0.39 is 61.0 Å². The van der Waals surface area contributed by atoms with Gasteiger partial charge >= 0.3 is 12.4 Å². The lowest BCUT2D eigenvalue weighted by Gasteiger charge is -2.20. The first-order valence-electron chi connectivity index (χ1n) is 16.3. The first-order chi connectivity index (χ1) is 24.7. The summed E-state index contributed by atoms with van der Waals surface area (Å²) in [6.07, 6.45) is -8.54. The molecule has 6 N–H and O–H groups in total. The van der Waals surface area contributed by atoms with Crippen LogP contribution in [0.15, 0.2) is 84.9 Å². The summed E-state index contributed by atoms with van der Waals surface area (Å²) in [7, 11) is 0. The fourth-order valence-electron chi connectivity index (χ4n) is 6.26. The third-order valence-corrected chi connectivity index (χ3v) is 9.04. The van der Waals surface area contributed by atoms with Crippen molar-refractivity contribution in [2.45, 2.75) is 64.5 Å². The predicted octanol–water partition coefficient (Wildman–Crippen LogP) is 8.01. The van der Waals surface area contributed by atoms with Crippen LogP contribution in [0.2, 0.25) is 0 Å². The molecule has 52 heavy (non-hydrogen) atoms. The fraction of sp³-hybridized carbons (Fsp3) is 0.250. The number of rotatable bonds is 12. The number of aryl methyl sites for hydroxylation is 4. The lowest BCUT2D eigenvalue weighted by Crippen LogP contribution is -2.14. The van der Waals surface area contributed by atoms with Crippen LogP contribution in [0.5, 0.6) is 11.5 Å². The smallest absolute Gasteiger partial charge is 0.417 e. The van der Waals surface area contributed by atoms with E-state index in [-0.39, 0.29) is 50.9 Å². The molecule has 0 saturated heterocycles. The van der Waals surface area contributed by atoms with Gasteiger partial charge in [0.1, 0.15) is 11.5 Å². The van der Waals surface area contributed by atoms with E-state index in [2.05, 4.69) is 0 Å². The molecule has 12 heteroatoms. The Labute approximate surface area is 295 Å². The van der Waals surface area contributed by atoms with Gasteiger partial charge in [-0.15, -0.1) is 0 Å². The Kier molecular flexibility index (Phi) is 11.6. The van der Waals surface area contributed by atoms with E-state index in [9.17, 15) is 57.0 Å². The maximum Gasteiger partial charge on any atom is 0.417 e. The summed E-state index contributed by atoms with van der Waals surface area (Å²) in [5.74, 6) is -0.404. The number of aromatic hydroxyl groups is 2. The second kappa shape index (κ2) is 15.8. The van der Waals surface area contributed by atoms with Gasteiger partial charge in [0.15, 0.2) is 0 Å². The molecule has 6 nitrogen and oxygen atoms in total. The molecule has 0 fully saturated rings. The van der Waals surface area contributed by atoms with Gasteiger partial charge in [0.05, 0.1) is 37.6 Å². The predicted molar refractivity (Wildman–Crippen MR) is 182 cm³/mol. The number of benzene rings is 5. The van der Waals surface area contributed by atoms with E-state index in [1.54, 1.807) is 48.5 Å². The highest BCUT2D eigenvalue weighted by atomic mass is 19.4. The molecule has 0 amide bonds. The molecule has 274 valence electrons. The fourth-order valence-corrected chi connectivity index (χ4v) is 6.26. The highest BCUT2D eigenvalue weighted by molar-refractivity contribution is 5.79. The number of hydrogen-bond acceptors (Lipinski definition) is 6. The molecule has 0 saturated carbocycles. The molecule has 0 heterocycles. The highest BCUT2D eigenvalue weighted by Crippen LogP contribution is 2.45. The van der Waals surface area contributed by atoms with Gasteiger partial charge in [-0.25, -0.2) is 0 Å². The zero-order valence-electron chi connectivity index (χ0n) is 27.7. The largest absolute Gasteiger partial charge is 0.507 e. The van der Waals surface area contributed by atoms with Gasteiger partial charge in [0.25, 0.3) is 0 Å². The van der Waals surface area contributed by atoms with Gasteiger partial charge in [-0.2, -0.15) is 26.3 Å². The van der Waals surface area contributed by atoms with Crippen molar-refractivity contribution in [3.8, 4) is 33.8 Å². The van der Waals surface area contributed by atoms with Crippen LogP contribution in [0, 0.1) is 0 Å². The van der Waals surface area contributed by atoms with Crippen molar-refractivity contribution in [3.63, 3.8) is 0 Å². The minimum atomic E-state index is -5.09. The molecule has 0 radical (unpaired) electrons. The number of alkyl halides is 6. The molecule has 5 rings (SSSR count). The molecule has 0 aliphatic heterocycles. The normalized spacial score (nSPS) is 12.0.